The van der Waals surface area contributed by atoms with Gasteiger partial charge in [0.15, 0.2) is 0 Å². The predicted molar refractivity (Wildman–Crippen MR) is 97.0 cm³/mol. The molecule has 0 saturated carbocycles. The van der Waals surface area contributed by atoms with Gasteiger partial charge < -0.3 is 4.98 Å². The van der Waals surface area contributed by atoms with Crippen molar-refractivity contribution in [2.75, 3.05) is 0 Å². The highest BCUT2D eigenvalue weighted by Crippen LogP contribution is 2.27. The average molecular weight is 335 g/mol. The lowest BCUT2D eigenvalue weighted by Gasteiger charge is -2.09. The van der Waals surface area contributed by atoms with E-state index in [0.717, 1.165) is 17.5 Å². The Labute approximate surface area is 145 Å². The topological polar surface area (TPSA) is 56.6 Å². The monoisotopic (exact) mass is 334 g/mol. The Morgan fingerprint density at radius 3 is 2.25 bits per heavy atom. The summed E-state index contributed by atoms with van der Waals surface area (Å²) in [4.78, 5) is 15.1. The van der Waals surface area contributed by atoms with Crippen LogP contribution in [0.3, 0.4) is 0 Å². The molecule has 0 radical (unpaired) electrons. The highest BCUT2D eigenvalue weighted by molar-refractivity contribution is 6.30. The van der Waals surface area contributed by atoms with Crippen LogP contribution in [0.25, 0.3) is 22.4 Å². The van der Waals surface area contributed by atoms with Crippen LogP contribution < -0.4 is 5.56 Å². The van der Waals surface area contributed by atoms with E-state index in [-0.39, 0.29) is 11.1 Å². The first-order chi connectivity index (χ1) is 11.6. The van der Waals surface area contributed by atoms with E-state index in [9.17, 15) is 10.1 Å². The number of halogens is 1. The molecule has 1 N–H and O–H groups in total. The lowest BCUT2D eigenvalue weighted by molar-refractivity contribution is 1.14. The van der Waals surface area contributed by atoms with Crippen LogP contribution in [0.4, 0.5) is 0 Å². The fourth-order valence-corrected chi connectivity index (χ4v) is 2.73. The second-order valence-electron chi connectivity index (χ2n) is 5.47. The molecule has 0 aliphatic carbocycles. The molecule has 0 unspecified atom stereocenters. The van der Waals surface area contributed by atoms with Crippen molar-refractivity contribution in [3.63, 3.8) is 0 Å². The average Bonchev–Trinajstić information content (AvgIpc) is 2.61. The maximum Gasteiger partial charge on any atom is 0.266 e. The van der Waals surface area contributed by atoms with Crippen molar-refractivity contribution < 1.29 is 0 Å². The number of aromatic amines is 1. The minimum Gasteiger partial charge on any atom is -0.321 e. The molecular formula is C20H15ClN2O. The van der Waals surface area contributed by atoms with E-state index in [1.807, 2.05) is 48.5 Å². The van der Waals surface area contributed by atoms with E-state index >= 15 is 0 Å². The van der Waals surface area contributed by atoms with Crippen LogP contribution in [-0.2, 0) is 6.42 Å². The van der Waals surface area contributed by atoms with Crippen LogP contribution in [0.5, 0.6) is 0 Å². The Hall–Kier alpha value is -2.83. The Bertz CT molecular complexity index is 965. The highest BCUT2D eigenvalue weighted by atomic mass is 35.5. The molecule has 0 bridgehead atoms. The summed E-state index contributed by atoms with van der Waals surface area (Å²) < 4.78 is 0. The Kier molecular flexibility index (Phi) is 4.50. The second-order valence-corrected chi connectivity index (χ2v) is 5.91. The third-order valence-electron chi connectivity index (χ3n) is 3.97. The van der Waals surface area contributed by atoms with Gasteiger partial charge >= 0.3 is 0 Å². The first-order valence-corrected chi connectivity index (χ1v) is 8.03. The molecule has 0 aliphatic rings. The number of rotatable bonds is 3. The molecule has 0 spiro atoms. The van der Waals surface area contributed by atoms with Crippen LogP contribution in [-0.4, -0.2) is 4.98 Å². The fourth-order valence-electron chi connectivity index (χ4n) is 2.60. The van der Waals surface area contributed by atoms with Crippen LogP contribution in [0.2, 0.25) is 5.02 Å². The first kappa shape index (κ1) is 16.0. The normalized spacial score (nSPS) is 10.4. The molecule has 3 aromatic rings. The number of aromatic nitrogens is 1. The molecule has 0 fully saturated rings. The van der Waals surface area contributed by atoms with Gasteiger partial charge in [0.1, 0.15) is 11.6 Å². The molecule has 3 nitrogen and oxygen atoms in total. The Morgan fingerprint density at radius 1 is 1.04 bits per heavy atom. The molecule has 0 atom stereocenters. The number of pyridine rings is 1. The molecule has 1 heterocycles. The molecule has 24 heavy (non-hydrogen) atoms. The zero-order valence-corrected chi connectivity index (χ0v) is 13.9. The number of hydrogen-bond donors (Lipinski definition) is 1. The number of benzene rings is 2. The van der Waals surface area contributed by atoms with E-state index in [1.54, 1.807) is 12.1 Å². The summed E-state index contributed by atoms with van der Waals surface area (Å²) in [7, 11) is 0. The molecule has 118 valence electrons. The van der Waals surface area contributed by atoms with Crippen LogP contribution in [0, 0.1) is 11.3 Å². The van der Waals surface area contributed by atoms with E-state index in [4.69, 9.17) is 11.6 Å². The lowest BCUT2D eigenvalue weighted by atomic mass is 9.98. The number of nitriles is 1. The van der Waals surface area contributed by atoms with Gasteiger partial charge in [-0.1, -0.05) is 54.9 Å². The SMILES string of the molecule is CCc1ccc(-c2cc(-c3ccc(Cl)cc3)[nH]c(=O)c2C#N)cc1. The smallest absolute Gasteiger partial charge is 0.266 e. The van der Waals surface area contributed by atoms with Crippen molar-refractivity contribution in [2.24, 2.45) is 0 Å². The predicted octanol–water partition coefficient (Wildman–Crippen LogP) is 4.80. The van der Waals surface area contributed by atoms with Crippen molar-refractivity contribution >= 4 is 11.6 Å². The summed E-state index contributed by atoms with van der Waals surface area (Å²) in [6.07, 6.45) is 0.941. The van der Waals surface area contributed by atoms with Crippen LogP contribution >= 0.6 is 11.6 Å². The zero-order valence-electron chi connectivity index (χ0n) is 13.1. The lowest BCUT2D eigenvalue weighted by Crippen LogP contribution is -2.12. The van der Waals surface area contributed by atoms with E-state index in [0.29, 0.717) is 16.3 Å². The van der Waals surface area contributed by atoms with Gasteiger partial charge in [-0.05, 0) is 41.3 Å². The minimum absolute atomic E-state index is 0.122. The quantitative estimate of drug-likeness (QED) is 0.748. The largest absolute Gasteiger partial charge is 0.321 e. The summed E-state index contributed by atoms with van der Waals surface area (Å²) >= 11 is 5.92. The van der Waals surface area contributed by atoms with Gasteiger partial charge in [0, 0.05) is 16.3 Å². The molecular weight excluding hydrogens is 320 g/mol. The maximum atomic E-state index is 12.3. The molecule has 0 aliphatic heterocycles. The van der Waals surface area contributed by atoms with E-state index in [1.165, 1.54) is 5.56 Å². The third-order valence-corrected chi connectivity index (χ3v) is 4.23. The van der Waals surface area contributed by atoms with Crippen molar-refractivity contribution in [1.29, 1.82) is 5.26 Å². The minimum atomic E-state index is -0.389. The third kappa shape index (κ3) is 3.10. The second kappa shape index (κ2) is 6.74. The number of hydrogen-bond acceptors (Lipinski definition) is 2. The molecule has 0 saturated heterocycles. The van der Waals surface area contributed by atoms with Crippen molar-refractivity contribution in [3.8, 4) is 28.5 Å². The molecule has 1 aromatic heterocycles. The number of nitrogens with one attached hydrogen (secondary N) is 1. The molecule has 3 rings (SSSR count). The first-order valence-electron chi connectivity index (χ1n) is 7.65. The zero-order chi connectivity index (χ0) is 17.1. The van der Waals surface area contributed by atoms with Crippen LogP contribution in [0.15, 0.2) is 59.4 Å². The molecule has 0 amide bonds. The van der Waals surface area contributed by atoms with Crippen molar-refractivity contribution in [3.05, 3.63) is 81.1 Å². The van der Waals surface area contributed by atoms with Gasteiger partial charge in [0.2, 0.25) is 0 Å². The fraction of sp³-hybridized carbons (Fsp3) is 0.100. The summed E-state index contributed by atoms with van der Waals surface area (Å²) in [6.45, 7) is 2.08. The number of aryl methyl sites for hydroxylation is 1. The Morgan fingerprint density at radius 2 is 1.67 bits per heavy atom. The van der Waals surface area contributed by atoms with Gasteiger partial charge in [0.05, 0.1) is 0 Å². The number of H-pyrrole nitrogens is 1. The van der Waals surface area contributed by atoms with Gasteiger partial charge in [-0.2, -0.15) is 5.26 Å². The standard InChI is InChI=1S/C20H15ClN2O/c1-2-13-3-5-14(6-4-13)17-11-19(23-20(24)18(17)12-22)15-7-9-16(21)10-8-15/h3-11H,2H2,1H3,(H,23,24). The molecule has 2 aromatic carbocycles. The van der Waals surface area contributed by atoms with Crippen molar-refractivity contribution in [1.82, 2.24) is 4.98 Å². The summed E-state index contributed by atoms with van der Waals surface area (Å²) in [5.74, 6) is 0. The van der Waals surface area contributed by atoms with E-state index in [2.05, 4.69) is 11.9 Å². The van der Waals surface area contributed by atoms with Gasteiger partial charge in [-0.25, -0.2) is 0 Å². The van der Waals surface area contributed by atoms with E-state index < -0.39 is 0 Å². The number of nitrogens with zero attached hydrogens (tertiary/aromatic N) is 1. The molecule has 4 heteroatoms. The van der Waals surface area contributed by atoms with Gasteiger partial charge in [-0.15, -0.1) is 0 Å². The van der Waals surface area contributed by atoms with Crippen molar-refractivity contribution in [2.45, 2.75) is 13.3 Å². The maximum absolute atomic E-state index is 12.3. The summed E-state index contributed by atoms with van der Waals surface area (Å²) in [5.41, 5.74) is 3.92. The van der Waals surface area contributed by atoms with Gasteiger partial charge in [0.25, 0.3) is 5.56 Å². The summed E-state index contributed by atoms with van der Waals surface area (Å²) in [5, 5.41) is 10.0. The summed E-state index contributed by atoms with van der Waals surface area (Å²) in [6, 6.07) is 19.0. The highest BCUT2D eigenvalue weighted by Gasteiger charge is 2.12. The van der Waals surface area contributed by atoms with Crippen LogP contribution in [0.1, 0.15) is 18.1 Å². The Balaban J connectivity index is 2.18. The van der Waals surface area contributed by atoms with Gasteiger partial charge in [-0.3, -0.25) is 4.79 Å².